The van der Waals surface area contributed by atoms with Gasteiger partial charge in [0.15, 0.2) is 0 Å². The summed E-state index contributed by atoms with van der Waals surface area (Å²) in [6.07, 6.45) is 4.23. The Balaban J connectivity index is 1.70. The molecule has 15 heavy (non-hydrogen) atoms. The van der Waals surface area contributed by atoms with Gasteiger partial charge < -0.3 is 10.2 Å². The van der Waals surface area contributed by atoms with Crippen LogP contribution in [-0.2, 0) is 0 Å². The molecule has 1 N–H and O–H groups in total. The van der Waals surface area contributed by atoms with Crippen LogP contribution in [0.5, 0.6) is 0 Å². The van der Waals surface area contributed by atoms with Crippen molar-refractivity contribution in [2.24, 2.45) is 17.8 Å². The lowest BCUT2D eigenvalue weighted by Gasteiger charge is -2.33. The predicted octanol–water partition coefficient (Wildman–Crippen LogP) is 1.96. The summed E-state index contributed by atoms with van der Waals surface area (Å²) in [5.41, 5.74) is 0. The lowest BCUT2D eigenvalue weighted by atomic mass is 9.92. The molecule has 2 rings (SSSR count). The first-order chi connectivity index (χ1) is 7.16. The van der Waals surface area contributed by atoms with Gasteiger partial charge in [0.2, 0.25) is 0 Å². The van der Waals surface area contributed by atoms with E-state index in [4.69, 9.17) is 0 Å². The molecule has 2 aliphatic rings. The van der Waals surface area contributed by atoms with Gasteiger partial charge in [-0.3, -0.25) is 0 Å². The van der Waals surface area contributed by atoms with Gasteiger partial charge in [-0.15, -0.1) is 0 Å². The highest BCUT2D eigenvalue weighted by atomic mass is 15.1. The molecule has 1 saturated heterocycles. The van der Waals surface area contributed by atoms with Crippen molar-refractivity contribution in [1.82, 2.24) is 10.2 Å². The molecular formula is C13H26N2. The third kappa shape index (κ3) is 3.18. The van der Waals surface area contributed by atoms with E-state index in [1.54, 1.807) is 0 Å². The summed E-state index contributed by atoms with van der Waals surface area (Å²) < 4.78 is 0. The maximum absolute atomic E-state index is 3.66. The molecule has 0 radical (unpaired) electrons. The Bertz CT molecular complexity index is 205. The standard InChI is InChI=1S/C13H26N2/c1-10-5-4-6-14-13(10)9-15(3)8-12-7-11(12)2/h10-14H,4-9H2,1-3H3. The molecule has 4 unspecified atom stereocenters. The molecule has 4 atom stereocenters. The van der Waals surface area contributed by atoms with E-state index in [0.717, 1.165) is 23.8 Å². The van der Waals surface area contributed by atoms with Crippen molar-refractivity contribution in [3.8, 4) is 0 Å². The van der Waals surface area contributed by atoms with Crippen molar-refractivity contribution in [3.05, 3.63) is 0 Å². The molecular weight excluding hydrogens is 184 g/mol. The molecule has 2 fully saturated rings. The summed E-state index contributed by atoms with van der Waals surface area (Å²) >= 11 is 0. The lowest BCUT2D eigenvalue weighted by Crippen LogP contribution is -2.47. The number of hydrogen-bond donors (Lipinski definition) is 1. The predicted molar refractivity (Wildman–Crippen MR) is 65.0 cm³/mol. The maximum Gasteiger partial charge on any atom is 0.0220 e. The van der Waals surface area contributed by atoms with Gasteiger partial charge in [-0.25, -0.2) is 0 Å². The average molecular weight is 210 g/mol. The molecule has 1 heterocycles. The molecule has 1 aliphatic carbocycles. The van der Waals surface area contributed by atoms with Crippen LogP contribution in [0.15, 0.2) is 0 Å². The summed E-state index contributed by atoms with van der Waals surface area (Å²) in [6.45, 7) is 8.55. The number of hydrogen-bond acceptors (Lipinski definition) is 2. The monoisotopic (exact) mass is 210 g/mol. The fourth-order valence-corrected chi connectivity index (χ4v) is 2.82. The second-order valence-corrected chi connectivity index (χ2v) is 5.87. The van der Waals surface area contributed by atoms with Crippen LogP contribution < -0.4 is 5.32 Å². The molecule has 0 spiro atoms. The van der Waals surface area contributed by atoms with Gasteiger partial charge in [-0.2, -0.15) is 0 Å². The molecule has 0 aromatic heterocycles. The highest BCUT2D eigenvalue weighted by Crippen LogP contribution is 2.38. The minimum Gasteiger partial charge on any atom is -0.312 e. The zero-order valence-corrected chi connectivity index (χ0v) is 10.5. The van der Waals surface area contributed by atoms with E-state index in [2.05, 4.69) is 31.1 Å². The van der Waals surface area contributed by atoms with Gasteiger partial charge in [-0.05, 0) is 50.6 Å². The fraction of sp³-hybridized carbons (Fsp3) is 1.00. The number of nitrogens with one attached hydrogen (secondary N) is 1. The van der Waals surface area contributed by atoms with Gasteiger partial charge in [0.25, 0.3) is 0 Å². The highest BCUT2D eigenvalue weighted by molar-refractivity contribution is 4.86. The van der Waals surface area contributed by atoms with Crippen molar-refractivity contribution < 1.29 is 0 Å². The van der Waals surface area contributed by atoms with Crippen LogP contribution in [0.4, 0.5) is 0 Å². The first-order valence-electron chi connectivity index (χ1n) is 6.58. The van der Waals surface area contributed by atoms with Gasteiger partial charge >= 0.3 is 0 Å². The van der Waals surface area contributed by atoms with E-state index in [1.165, 1.54) is 38.9 Å². The summed E-state index contributed by atoms with van der Waals surface area (Å²) in [4.78, 5) is 2.54. The van der Waals surface area contributed by atoms with Crippen molar-refractivity contribution >= 4 is 0 Å². The summed E-state index contributed by atoms with van der Waals surface area (Å²) in [5, 5.41) is 3.66. The van der Waals surface area contributed by atoms with Crippen LogP contribution in [0, 0.1) is 17.8 Å². The third-order valence-corrected chi connectivity index (χ3v) is 4.26. The van der Waals surface area contributed by atoms with Crippen LogP contribution in [0.25, 0.3) is 0 Å². The van der Waals surface area contributed by atoms with E-state index in [9.17, 15) is 0 Å². The normalized spacial score (nSPS) is 40.8. The maximum atomic E-state index is 3.66. The number of nitrogens with zero attached hydrogens (tertiary/aromatic N) is 1. The minimum atomic E-state index is 0.734. The molecule has 0 aromatic carbocycles. The first kappa shape index (κ1) is 11.4. The van der Waals surface area contributed by atoms with Crippen LogP contribution in [0.2, 0.25) is 0 Å². The molecule has 2 nitrogen and oxygen atoms in total. The zero-order chi connectivity index (χ0) is 10.8. The summed E-state index contributed by atoms with van der Waals surface area (Å²) in [6, 6.07) is 0.734. The molecule has 1 aliphatic heterocycles. The third-order valence-electron chi connectivity index (χ3n) is 4.26. The Hall–Kier alpha value is -0.0800. The molecule has 1 saturated carbocycles. The molecule has 0 bridgehead atoms. The van der Waals surface area contributed by atoms with Crippen LogP contribution in [-0.4, -0.2) is 37.6 Å². The van der Waals surface area contributed by atoms with Gasteiger partial charge in [0.05, 0.1) is 0 Å². The SMILES string of the molecule is CC1CC1CN(C)CC1NCCCC1C. The second kappa shape index (κ2) is 4.84. The van der Waals surface area contributed by atoms with E-state index in [0.29, 0.717) is 0 Å². The minimum absolute atomic E-state index is 0.734. The van der Waals surface area contributed by atoms with E-state index in [-0.39, 0.29) is 0 Å². The van der Waals surface area contributed by atoms with Gasteiger partial charge in [-0.1, -0.05) is 13.8 Å². The smallest absolute Gasteiger partial charge is 0.0220 e. The topological polar surface area (TPSA) is 15.3 Å². The van der Waals surface area contributed by atoms with Gasteiger partial charge in [0, 0.05) is 19.1 Å². The van der Waals surface area contributed by atoms with E-state index in [1.807, 2.05) is 0 Å². The van der Waals surface area contributed by atoms with Gasteiger partial charge in [0.1, 0.15) is 0 Å². The largest absolute Gasteiger partial charge is 0.312 e. The average Bonchev–Trinajstić information content (AvgIpc) is 2.86. The van der Waals surface area contributed by atoms with E-state index < -0.39 is 0 Å². The Morgan fingerprint density at radius 1 is 1.20 bits per heavy atom. The van der Waals surface area contributed by atoms with Crippen molar-refractivity contribution in [2.45, 2.75) is 39.2 Å². The quantitative estimate of drug-likeness (QED) is 0.763. The molecule has 0 aromatic rings. The second-order valence-electron chi connectivity index (χ2n) is 5.87. The summed E-state index contributed by atoms with van der Waals surface area (Å²) in [5.74, 6) is 2.84. The fourth-order valence-electron chi connectivity index (χ4n) is 2.82. The van der Waals surface area contributed by atoms with Crippen molar-refractivity contribution in [2.75, 3.05) is 26.7 Å². The first-order valence-corrected chi connectivity index (χ1v) is 6.58. The summed E-state index contributed by atoms with van der Waals surface area (Å²) in [7, 11) is 2.29. The van der Waals surface area contributed by atoms with E-state index >= 15 is 0 Å². The number of likely N-dealkylation sites (N-methyl/N-ethyl adjacent to an activating group) is 1. The Morgan fingerprint density at radius 2 is 1.93 bits per heavy atom. The number of piperidine rings is 1. The molecule has 88 valence electrons. The van der Waals surface area contributed by atoms with Crippen molar-refractivity contribution in [1.29, 1.82) is 0 Å². The Kier molecular flexibility index (Phi) is 3.68. The lowest BCUT2D eigenvalue weighted by molar-refractivity contribution is 0.210. The van der Waals surface area contributed by atoms with Crippen LogP contribution >= 0.6 is 0 Å². The number of rotatable bonds is 4. The highest BCUT2D eigenvalue weighted by Gasteiger charge is 2.33. The zero-order valence-electron chi connectivity index (χ0n) is 10.5. The van der Waals surface area contributed by atoms with Crippen LogP contribution in [0.3, 0.4) is 0 Å². The Labute approximate surface area is 94.4 Å². The molecule has 0 amide bonds. The van der Waals surface area contributed by atoms with Crippen LogP contribution in [0.1, 0.15) is 33.1 Å². The molecule has 2 heteroatoms. The Morgan fingerprint density at radius 3 is 2.53 bits per heavy atom. The van der Waals surface area contributed by atoms with Crippen molar-refractivity contribution in [3.63, 3.8) is 0 Å².